The predicted molar refractivity (Wildman–Crippen MR) is 65.8 cm³/mol. The molecule has 0 bridgehead atoms. The predicted octanol–water partition coefficient (Wildman–Crippen LogP) is 2.85. The van der Waals surface area contributed by atoms with Crippen molar-refractivity contribution in [3.63, 3.8) is 0 Å². The molecule has 0 unspecified atom stereocenters. The van der Waals surface area contributed by atoms with E-state index in [2.05, 4.69) is 19.2 Å². The summed E-state index contributed by atoms with van der Waals surface area (Å²) in [6.07, 6.45) is 2.78. The Balaban J connectivity index is 2.84. The van der Waals surface area contributed by atoms with E-state index in [1.165, 1.54) is 0 Å². The van der Waals surface area contributed by atoms with Gasteiger partial charge in [-0.05, 0) is 30.4 Å². The summed E-state index contributed by atoms with van der Waals surface area (Å²) < 4.78 is 5.13. The summed E-state index contributed by atoms with van der Waals surface area (Å²) in [6, 6.07) is 5.78. The van der Waals surface area contributed by atoms with Gasteiger partial charge in [-0.15, -0.1) is 0 Å². The maximum Gasteiger partial charge on any atom is 0.211 e. The van der Waals surface area contributed by atoms with Gasteiger partial charge in [-0.1, -0.05) is 19.9 Å². The zero-order valence-electron chi connectivity index (χ0n) is 10.1. The third kappa shape index (κ3) is 3.57. The van der Waals surface area contributed by atoms with Gasteiger partial charge in [0.2, 0.25) is 6.41 Å². The molecule has 0 atom stereocenters. The number of aryl methyl sites for hydroxylation is 1. The number of amides is 1. The van der Waals surface area contributed by atoms with Gasteiger partial charge in [-0.3, -0.25) is 4.79 Å². The zero-order valence-corrected chi connectivity index (χ0v) is 10.1. The number of methoxy groups -OCH3 is 1. The number of anilines is 1. The fourth-order valence-electron chi connectivity index (χ4n) is 1.54. The number of hydrogen-bond donors (Lipinski definition) is 1. The van der Waals surface area contributed by atoms with Crippen LogP contribution in [0, 0.1) is 5.92 Å². The van der Waals surface area contributed by atoms with E-state index in [1.54, 1.807) is 7.11 Å². The molecular weight excluding hydrogens is 202 g/mol. The summed E-state index contributed by atoms with van der Waals surface area (Å²) in [4.78, 5) is 10.5. The number of ether oxygens (including phenoxy) is 1. The van der Waals surface area contributed by atoms with Crippen LogP contribution in [0.2, 0.25) is 0 Å². The minimum atomic E-state index is 0.659. The standard InChI is InChI=1S/C13H19NO2/c1-10(2)4-5-11-6-7-12(16-3)8-13(11)14-9-15/h6-10H,4-5H2,1-3H3,(H,14,15). The second-order valence-corrected chi connectivity index (χ2v) is 4.22. The highest BCUT2D eigenvalue weighted by molar-refractivity contribution is 5.74. The Morgan fingerprint density at radius 3 is 2.75 bits per heavy atom. The first kappa shape index (κ1) is 12.6. The lowest BCUT2D eigenvalue weighted by molar-refractivity contribution is -0.105. The van der Waals surface area contributed by atoms with Gasteiger partial charge >= 0.3 is 0 Å². The Bertz CT molecular complexity index is 348. The van der Waals surface area contributed by atoms with Gasteiger partial charge < -0.3 is 10.1 Å². The molecule has 88 valence electrons. The summed E-state index contributed by atoms with van der Waals surface area (Å²) in [7, 11) is 1.62. The molecule has 0 aliphatic carbocycles. The second kappa shape index (κ2) is 6.16. The van der Waals surface area contributed by atoms with Gasteiger partial charge in [0.25, 0.3) is 0 Å². The first-order chi connectivity index (χ1) is 7.67. The van der Waals surface area contributed by atoms with Crippen LogP contribution in [0.5, 0.6) is 5.75 Å². The Kier molecular flexibility index (Phi) is 4.83. The summed E-state index contributed by atoms with van der Waals surface area (Å²) in [6.45, 7) is 4.38. The van der Waals surface area contributed by atoms with Crippen molar-refractivity contribution in [3.05, 3.63) is 23.8 Å². The maximum absolute atomic E-state index is 10.5. The molecule has 0 aliphatic rings. The summed E-state index contributed by atoms with van der Waals surface area (Å²) >= 11 is 0. The van der Waals surface area contributed by atoms with Crippen LogP contribution in [0.15, 0.2) is 18.2 Å². The normalized spacial score (nSPS) is 10.2. The summed E-state index contributed by atoms with van der Waals surface area (Å²) in [5, 5.41) is 2.71. The van der Waals surface area contributed by atoms with Crippen molar-refractivity contribution in [2.45, 2.75) is 26.7 Å². The average molecular weight is 221 g/mol. The smallest absolute Gasteiger partial charge is 0.211 e. The third-order valence-electron chi connectivity index (χ3n) is 2.52. The quantitative estimate of drug-likeness (QED) is 0.750. The SMILES string of the molecule is COc1ccc(CCC(C)C)c(NC=O)c1. The molecule has 0 radical (unpaired) electrons. The highest BCUT2D eigenvalue weighted by Gasteiger charge is 2.05. The molecule has 0 spiro atoms. The molecule has 0 heterocycles. The van der Waals surface area contributed by atoms with Crippen LogP contribution in [0.25, 0.3) is 0 Å². The second-order valence-electron chi connectivity index (χ2n) is 4.22. The highest BCUT2D eigenvalue weighted by Crippen LogP contribution is 2.24. The van der Waals surface area contributed by atoms with Gasteiger partial charge in [0.05, 0.1) is 7.11 Å². The highest BCUT2D eigenvalue weighted by atomic mass is 16.5. The first-order valence-corrected chi connectivity index (χ1v) is 5.54. The van der Waals surface area contributed by atoms with E-state index in [0.717, 1.165) is 29.8 Å². The minimum Gasteiger partial charge on any atom is -0.497 e. The van der Waals surface area contributed by atoms with Crippen molar-refractivity contribution in [2.75, 3.05) is 12.4 Å². The van der Waals surface area contributed by atoms with Crippen LogP contribution < -0.4 is 10.1 Å². The number of carbonyl (C=O) groups excluding carboxylic acids is 1. The zero-order chi connectivity index (χ0) is 12.0. The number of nitrogens with one attached hydrogen (secondary N) is 1. The van der Waals surface area contributed by atoms with Crippen LogP contribution >= 0.6 is 0 Å². The topological polar surface area (TPSA) is 38.3 Å². The van der Waals surface area contributed by atoms with E-state index in [9.17, 15) is 4.79 Å². The molecular formula is C13H19NO2. The molecule has 1 rings (SSSR count). The molecule has 16 heavy (non-hydrogen) atoms. The lowest BCUT2D eigenvalue weighted by Crippen LogP contribution is -2.01. The Morgan fingerprint density at radius 1 is 1.44 bits per heavy atom. The van der Waals surface area contributed by atoms with E-state index in [-0.39, 0.29) is 0 Å². The van der Waals surface area contributed by atoms with Crippen molar-refractivity contribution in [2.24, 2.45) is 5.92 Å². The van der Waals surface area contributed by atoms with Crippen LogP contribution in [0.4, 0.5) is 5.69 Å². The number of carbonyl (C=O) groups is 1. The van der Waals surface area contributed by atoms with E-state index < -0.39 is 0 Å². The first-order valence-electron chi connectivity index (χ1n) is 5.54. The summed E-state index contributed by atoms with van der Waals surface area (Å²) in [5.74, 6) is 1.42. The van der Waals surface area contributed by atoms with Crippen LogP contribution in [0.1, 0.15) is 25.8 Å². The molecule has 0 aliphatic heterocycles. The van der Waals surface area contributed by atoms with E-state index in [4.69, 9.17) is 4.74 Å². The van der Waals surface area contributed by atoms with Crippen LogP contribution in [-0.4, -0.2) is 13.5 Å². The molecule has 3 nitrogen and oxygen atoms in total. The average Bonchev–Trinajstić information content (AvgIpc) is 2.27. The minimum absolute atomic E-state index is 0.659. The number of rotatable bonds is 6. The van der Waals surface area contributed by atoms with Gasteiger partial charge in [0.15, 0.2) is 0 Å². The number of hydrogen-bond acceptors (Lipinski definition) is 2. The molecule has 0 fully saturated rings. The fourth-order valence-corrected chi connectivity index (χ4v) is 1.54. The molecule has 0 saturated carbocycles. The molecule has 1 amide bonds. The van der Waals surface area contributed by atoms with E-state index in [0.29, 0.717) is 12.3 Å². The Morgan fingerprint density at radius 2 is 2.19 bits per heavy atom. The van der Waals surface area contributed by atoms with Gasteiger partial charge in [0.1, 0.15) is 5.75 Å². The van der Waals surface area contributed by atoms with Crippen molar-refractivity contribution >= 4 is 12.1 Å². The van der Waals surface area contributed by atoms with E-state index >= 15 is 0 Å². The van der Waals surface area contributed by atoms with Crippen molar-refractivity contribution in [3.8, 4) is 5.75 Å². The fraction of sp³-hybridized carbons (Fsp3) is 0.462. The van der Waals surface area contributed by atoms with Gasteiger partial charge in [0, 0.05) is 11.8 Å². The van der Waals surface area contributed by atoms with Crippen molar-refractivity contribution < 1.29 is 9.53 Å². The lowest BCUT2D eigenvalue weighted by atomic mass is 10.0. The monoisotopic (exact) mass is 221 g/mol. The van der Waals surface area contributed by atoms with Gasteiger partial charge in [-0.25, -0.2) is 0 Å². The van der Waals surface area contributed by atoms with Crippen molar-refractivity contribution in [1.29, 1.82) is 0 Å². The largest absolute Gasteiger partial charge is 0.497 e. The molecule has 1 N–H and O–H groups in total. The summed E-state index contributed by atoms with van der Waals surface area (Å²) in [5.41, 5.74) is 2.00. The lowest BCUT2D eigenvalue weighted by Gasteiger charge is -2.11. The number of benzene rings is 1. The molecule has 1 aromatic carbocycles. The molecule has 0 saturated heterocycles. The molecule has 1 aromatic rings. The third-order valence-corrected chi connectivity index (χ3v) is 2.52. The molecule has 3 heteroatoms. The maximum atomic E-state index is 10.5. The van der Waals surface area contributed by atoms with Crippen LogP contribution in [0.3, 0.4) is 0 Å². The molecule has 0 aromatic heterocycles. The van der Waals surface area contributed by atoms with Gasteiger partial charge in [-0.2, -0.15) is 0 Å². The Hall–Kier alpha value is -1.51. The van der Waals surface area contributed by atoms with Crippen LogP contribution in [-0.2, 0) is 11.2 Å². The van der Waals surface area contributed by atoms with Crippen molar-refractivity contribution in [1.82, 2.24) is 0 Å². The Labute approximate surface area is 96.8 Å². The van der Waals surface area contributed by atoms with E-state index in [1.807, 2.05) is 18.2 Å².